The molecular weight excluding hydrogens is 286 g/mol. The summed E-state index contributed by atoms with van der Waals surface area (Å²) >= 11 is 6.03. The van der Waals surface area contributed by atoms with Gasteiger partial charge in [-0.1, -0.05) is 29.8 Å². The third-order valence-corrected chi connectivity index (χ3v) is 4.05. The topological polar surface area (TPSA) is 29.5 Å². The van der Waals surface area contributed by atoms with Crippen molar-refractivity contribution in [2.24, 2.45) is 0 Å². The van der Waals surface area contributed by atoms with Crippen LogP contribution < -0.4 is 9.64 Å². The van der Waals surface area contributed by atoms with Crippen LogP contribution in [0.4, 0.5) is 5.69 Å². The number of hydrogen-bond donors (Lipinski definition) is 0. The van der Waals surface area contributed by atoms with Gasteiger partial charge in [0.25, 0.3) is 5.91 Å². The molecule has 3 nitrogen and oxygen atoms in total. The number of para-hydroxylation sites is 1. The van der Waals surface area contributed by atoms with E-state index in [0.29, 0.717) is 16.3 Å². The number of ether oxygens (including phenoxy) is 1. The first kappa shape index (κ1) is 14.0. The van der Waals surface area contributed by atoms with Gasteiger partial charge in [0.2, 0.25) is 0 Å². The summed E-state index contributed by atoms with van der Waals surface area (Å²) in [7, 11) is 1.56. The highest BCUT2D eigenvalue weighted by Crippen LogP contribution is 2.35. The third kappa shape index (κ3) is 2.38. The maximum absolute atomic E-state index is 12.9. The number of carbonyl (C=O) groups is 1. The van der Waals surface area contributed by atoms with Crippen molar-refractivity contribution in [3.63, 3.8) is 0 Å². The van der Waals surface area contributed by atoms with Crippen molar-refractivity contribution in [1.29, 1.82) is 0 Å². The fourth-order valence-electron chi connectivity index (χ4n) is 2.85. The average Bonchev–Trinajstić information content (AvgIpc) is 2.82. The van der Waals surface area contributed by atoms with Gasteiger partial charge in [-0.3, -0.25) is 4.79 Å². The summed E-state index contributed by atoms with van der Waals surface area (Å²) in [5.74, 6) is 0.466. The second-order valence-corrected chi connectivity index (χ2v) is 5.64. The van der Waals surface area contributed by atoms with E-state index in [1.165, 1.54) is 5.56 Å². The van der Waals surface area contributed by atoms with Crippen molar-refractivity contribution < 1.29 is 9.53 Å². The molecule has 4 heteroatoms. The molecule has 108 valence electrons. The van der Waals surface area contributed by atoms with Crippen LogP contribution in [0.1, 0.15) is 22.8 Å². The molecule has 0 aliphatic carbocycles. The molecule has 0 bridgehead atoms. The van der Waals surface area contributed by atoms with Gasteiger partial charge in [-0.25, -0.2) is 0 Å². The maximum atomic E-state index is 12.9. The quantitative estimate of drug-likeness (QED) is 0.841. The van der Waals surface area contributed by atoms with E-state index in [-0.39, 0.29) is 11.9 Å². The van der Waals surface area contributed by atoms with Crippen molar-refractivity contribution in [2.45, 2.75) is 19.4 Å². The van der Waals surface area contributed by atoms with Gasteiger partial charge >= 0.3 is 0 Å². The van der Waals surface area contributed by atoms with E-state index in [1.54, 1.807) is 25.3 Å². The second-order valence-electron chi connectivity index (χ2n) is 5.20. The Balaban J connectivity index is 2.05. The van der Waals surface area contributed by atoms with Gasteiger partial charge in [0.05, 0.1) is 12.7 Å². The molecule has 2 aromatic rings. The van der Waals surface area contributed by atoms with Crippen molar-refractivity contribution in [3.05, 3.63) is 58.6 Å². The monoisotopic (exact) mass is 301 g/mol. The molecule has 21 heavy (non-hydrogen) atoms. The molecule has 1 heterocycles. The third-order valence-electron chi connectivity index (χ3n) is 3.82. The van der Waals surface area contributed by atoms with Crippen LogP contribution in [0.3, 0.4) is 0 Å². The molecule has 0 saturated carbocycles. The van der Waals surface area contributed by atoms with Crippen LogP contribution >= 0.6 is 11.6 Å². The Morgan fingerprint density at radius 1 is 1.29 bits per heavy atom. The largest absolute Gasteiger partial charge is 0.496 e. The highest BCUT2D eigenvalue weighted by Gasteiger charge is 2.32. The highest BCUT2D eigenvalue weighted by molar-refractivity contribution is 6.31. The summed E-state index contributed by atoms with van der Waals surface area (Å²) in [6.07, 6.45) is 0.866. The van der Waals surface area contributed by atoms with Crippen molar-refractivity contribution in [1.82, 2.24) is 0 Å². The molecule has 1 aliphatic rings. The number of halogens is 1. The second kappa shape index (κ2) is 5.41. The number of amides is 1. The van der Waals surface area contributed by atoms with Crippen molar-refractivity contribution >= 4 is 23.2 Å². The lowest BCUT2D eigenvalue weighted by molar-refractivity contribution is 0.0978. The Kier molecular flexibility index (Phi) is 3.60. The van der Waals surface area contributed by atoms with Crippen molar-refractivity contribution in [3.8, 4) is 5.75 Å². The number of nitrogens with zero attached hydrogens (tertiary/aromatic N) is 1. The van der Waals surface area contributed by atoms with Crippen LogP contribution in [0, 0.1) is 0 Å². The van der Waals surface area contributed by atoms with E-state index >= 15 is 0 Å². The zero-order chi connectivity index (χ0) is 15.0. The lowest BCUT2D eigenvalue weighted by atomic mass is 10.1. The number of anilines is 1. The molecule has 1 amide bonds. The zero-order valence-corrected chi connectivity index (χ0v) is 12.7. The molecule has 1 aliphatic heterocycles. The molecule has 0 fully saturated rings. The Morgan fingerprint density at radius 2 is 2.05 bits per heavy atom. The average molecular weight is 302 g/mol. The summed E-state index contributed by atoms with van der Waals surface area (Å²) in [5, 5.41) is 0.527. The van der Waals surface area contributed by atoms with E-state index in [0.717, 1.165) is 12.1 Å². The van der Waals surface area contributed by atoms with Gasteiger partial charge < -0.3 is 9.64 Å². The van der Waals surface area contributed by atoms with E-state index in [4.69, 9.17) is 16.3 Å². The predicted octanol–water partition coefficient (Wildman–Crippen LogP) is 3.94. The number of benzene rings is 2. The highest BCUT2D eigenvalue weighted by atomic mass is 35.5. The number of hydrogen-bond acceptors (Lipinski definition) is 2. The zero-order valence-electron chi connectivity index (χ0n) is 12.0. The molecule has 3 rings (SSSR count). The normalized spacial score (nSPS) is 16.7. The number of methoxy groups -OCH3 is 1. The number of rotatable bonds is 2. The molecule has 2 aromatic carbocycles. The van der Waals surface area contributed by atoms with Crippen LogP contribution in [0.25, 0.3) is 0 Å². The van der Waals surface area contributed by atoms with Gasteiger partial charge in [0.1, 0.15) is 5.75 Å². The van der Waals surface area contributed by atoms with Gasteiger partial charge in [0.15, 0.2) is 0 Å². The fourth-order valence-corrected chi connectivity index (χ4v) is 3.02. The number of carbonyl (C=O) groups excluding carboxylic acids is 1. The van der Waals surface area contributed by atoms with Crippen LogP contribution in [-0.4, -0.2) is 19.1 Å². The van der Waals surface area contributed by atoms with E-state index in [9.17, 15) is 4.79 Å². The summed E-state index contributed by atoms with van der Waals surface area (Å²) in [5.41, 5.74) is 2.66. The van der Waals surface area contributed by atoms with Crippen LogP contribution in [0.5, 0.6) is 5.75 Å². The minimum atomic E-state index is -0.0770. The van der Waals surface area contributed by atoms with Crippen molar-refractivity contribution in [2.75, 3.05) is 12.0 Å². The van der Waals surface area contributed by atoms with Crippen LogP contribution in [0.15, 0.2) is 42.5 Å². The molecule has 1 atom stereocenters. The first-order valence-electron chi connectivity index (χ1n) is 6.87. The minimum Gasteiger partial charge on any atom is -0.496 e. The van der Waals surface area contributed by atoms with E-state index < -0.39 is 0 Å². The summed E-state index contributed by atoms with van der Waals surface area (Å²) in [6, 6.07) is 13.2. The first-order valence-corrected chi connectivity index (χ1v) is 7.24. The summed E-state index contributed by atoms with van der Waals surface area (Å²) in [6.45, 7) is 2.05. The Hall–Kier alpha value is -2.00. The van der Waals surface area contributed by atoms with Gasteiger partial charge in [-0.15, -0.1) is 0 Å². The molecule has 0 aromatic heterocycles. The van der Waals surface area contributed by atoms with Gasteiger partial charge in [-0.05, 0) is 43.2 Å². The molecule has 0 saturated heterocycles. The molecule has 0 unspecified atom stereocenters. The van der Waals surface area contributed by atoms with Crippen LogP contribution in [-0.2, 0) is 6.42 Å². The lowest BCUT2D eigenvalue weighted by Crippen LogP contribution is -2.35. The molecule has 0 spiro atoms. The standard InChI is InChI=1S/C17H16ClNO2/c1-11-9-12-5-3-4-6-15(12)19(11)17(20)14-10-13(18)7-8-16(14)21-2/h3-8,10-11H,9H2,1-2H3/t11-/m0/s1. The summed E-state index contributed by atoms with van der Waals surface area (Å²) in [4.78, 5) is 14.8. The van der Waals surface area contributed by atoms with E-state index in [2.05, 4.69) is 13.0 Å². The minimum absolute atomic E-state index is 0.0770. The summed E-state index contributed by atoms with van der Waals surface area (Å²) < 4.78 is 5.30. The van der Waals surface area contributed by atoms with Crippen LogP contribution in [0.2, 0.25) is 5.02 Å². The Morgan fingerprint density at radius 3 is 2.81 bits per heavy atom. The Labute approximate surface area is 129 Å². The maximum Gasteiger partial charge on any atom is 0.262 e. The van der Waals surface area contributed by atoms with E-state index in [1.807, 2.05) is 23.1 Å². The lowest BCUT2D eigenvalue weighted by Gasteiger charge is -2.23. The Bertz CT molecular complexity index is 699. The molecular formula is C17H16ClNO2. The first-order chi connectivity index (χ1) is 10.1. The molecule has 0 radical (unpaired) electrons. The smallest absolute Gasteiger partial charge is 0.262 e. The number of fused-ring (bicyclic) bond motifs is 1. The molecule has 0 N–H and O–H groups in total. The SMILES string of the molecule is COc1ccc(Cl)cc1C(=O)N1c2ccccc2C[C@@H]1C. The fraction of sp³-hybridized carbons (Fsp3) is 0.235. The predicted molar refractivity (Wildman–Crippen MR) is 84.4 cm³/mol. The van der Waals surface area contributed by atoms with Gasteiger partial charge in [-0.2, -0.15) is 0 Å². The van der Waals surface area contributed by atoms with Gasteiger partial charge in [0, 0.05) is 16.8 Å².